The summed E-state index contributed by atoms with van der Waals surface area (Å²) in [6.45, 7) is 8.00. The number of nitrogens with one attached hydrogen (secondary N) is 2. The van der Waals surface area contributed by atoms with Gasteiger partial charge in [0.25, 0.3) is 0 Å². The van der Waals surface area contributed by atoms with Crippen LogP contribution in [0.1, 0.15) is 31.9 Å². The number of para-hydroxylation sites is 1. The van der Waals surface area contributed by atoms with Crippen LogP contribution in [0.3, 0.4) is 0 Å². The number of nitrogens with zero attached hydrogens (tertiary/aromatic N) is 1. The molecule has 0 saturated heterocycles. The summed E-state index contributed by atoms with van der Waals surface area (Å²) >= 11 is 0. The minimum absolute atomic E-state index is 0.165. The molecular weight excluding hydrogens is 326 g/mol. The second-order valence-corrected chi connectivity index (χ2v) is 6.13. The van der Waals surface area contributed by atoms with E-state index in [1.165, 1.54) is 0 Å². The van der Waals surface area contributed by atoms with Gasteiger partial charge >= 0.3 is 0 Å². The Morgan fingerprint density at radius 2 is 1.81 bits per heavy atom. The predicted octanol–water partition coefficient (Wildman–Crippen LogP) is 3.74. The highest BCUT2D eigenvalue weighted by Gasteiger charge is 2.05. The Balaban J connectivity index is 1.90. The molecule has 0 aliphatic rings. The van der Waals surface area contributed by atoms with E-state index in [-0.39, 0.29) is 6.10 Å². The van der Waals surface area contributed by atoms with Gasteiger partial charge < -0.3 is 20.1 Å². The highest BCUT2D eigenvalue weighted by atomic mass is 16.5. The molecule has 2 aromatic carbocycles. The van der Waals surface area contributed by atoms with Crippen molar-refractivity contribution in [3.05, 3.63) is 59.7 Å². The van der Waals surface area contributed by atoms with Gasteiger partial charge in [0.2, 0.25) is 0 Å². The first-order valence-corrected chi connectivity index (χ1v) is 9.03. The molecule has 0 heterocycles. The third kappa shape index (κ3) is 6.31. The van der Waals surface area contributed by atoms with Crippen LogP contribution >= 0.6 is 0 Å². The molecule has 0 aromatic heterocycles. The molecule has 0 aliphatic heterocycles. The minimum atomic E-state index is 0.165. The molecule has 0 unspecified atom stereocenters. The van der Waals surface area contributed by atoms with Crippen LogP contribution in [0.15, 0.2) is 53.5 Å². The maximum Gasteiger partial charge on any atom is 0.191 e. The Bertz CT molecular complexity index is 714. The van der Waals surface area contributed by atoms with E-state index in [0.717, 1.165) is 28.6 Å². The molecule has 0 radical (unpaired) electrons. The largest absolute Gasteiger partial charge is 0.494 e. The number of hydrogen-bond acceptors (Lipinski definition) is 3. The number of aliphatic imine (C=N–C) groups is 1. The van der Waals surface area contributed by atoms with Gasteiger partial charge in [0.15, 0.2) is 5.96 Å². The number of guanidine groups is 1. The van der Waals surface area contributed by atoms with Crippen LogP contribution in [-0.2, 0) is 13.1 Å². The van der Waals surface area contributed by atoms with Crippen molar-refractivity contribution >= 4 is 5.96 Å². The molecular formula is C21H29N3O2. The van der Waals surface area contributed by atoms with Crippen LogP contribution in [0.2, 0.25) is 0 Å². The fourth-order valence-corrected chi connectivity index (χ4v) is 2.53. The van der Waals surface area contributed by atoms with Gasteiger partial charge in [-0.1, -0.05) is 30.3 Å². The Morgan fingerprint density at radius 3 is 2.54 bits per heavy atom. The van der Waals surface area contributed by atoms with Crippen LogP contribution in [0.25, 0.3) is 0 Å². The van der Waals surface area contributed by atoms with Crippen molar-refractivity contribution in [2.24, 2.45) is 4.99 Å². The normalized spacial score (nSPS) is 11.3. The third-order valence-electron chi connectivity index (χ3n) is 3.67. The maximum absolute atomic E-state index is 5.74. The lowest BCUT2D eigenvalue weighted by atomic mass is 10.2. The topological polar surface area (TPSA) is 54.9 Å². The van der Waals surface area contributed by atoms with E-state index in [1.54, 1.807) is 7.05 Å². The van der Waals surface area contributed by atoms with Crippen molar-refractivity contribution in [2.45, 2.75) is 40.0 Å². The summed E-state index contributed by atoms with van der Waals surface area (Å²) in [7, 11) is 1.77. The first kappa shape index (κ1) is 19.6. The monoisotopic (exact) mass is 355 g/mol. The first-order chi connectivity index (χ1) is 12.6. The Hall–Kier alpha value is -2.69. The molecule has 0 bridgehead atoms. The molecule has 2 rings (SSSR count). The van der Waals surface area contributed by atoms with E-state index < -0.39 is 0 Å². The summed E-state index contributed by atoms with van der Waals surface area (Å²) in [6, 6.07) is 16.1. The summed E-state index contributed by atoms with van der Waals surface area (Å²) in [5.41, 5.74) is 2.24. The summed E-state index contributed by atoms with van der Waals surface area (Å²) in [5.74, 6) is 2.52. The summed E-state index contributed by atoms with van der Waals surface area (Å²) in [4.78, 5) is 4.29. The fourth-order valence-electron chi connectivity index (χ4n) is 2.53. The molecule has 140 valence electrons. The van der Waals surface area contributed by atoms with Crippen molar-refractivity contribution < 1.29 is 9.47 Å². The summed E-state index contributed by atoms with van der Waals surface area (Å²) < 4.78 is 11.4. The molecule has 5 nitrogen and oxygen atoms in total. The quantitative estimate of drug-likeness (QED) is 0.559. The van der Waals surface area contributed by atoms with Crippen LogP contribution in [-0.4, -0.2) is 25.7 Å². The van der Waals surface area contributed by atoms with Crippen molar-refractivity contribution in [3.8, 4) is 11.5 Å². The SMILES string of the molecule is CCOc1ccccc1CNC(=NC)NCc1cccc(OC(C)C)c1. The number of hydrogen-bond donors (Lipinski definition) is 2. The Labute approximate surface area is 156 Å². The average molecular weight is 355 g/mol. The summed E-state index contributed by atoms with van der Waals surface area (Å²) in [6.07, 6.45) is 0.165. The van der Waals surface area contributed by atoms with Gasteiger partial charge in [0.05, 0.1) is 12.7 Å². The fraction of sp³-hybridized carbons (Fsp3) is 0.381. The van der Waals surface area contributed by atoms with Gasteiger partial charge in [-0.25, -0.2) is 0 Å². The number of benzene rings is 2. The van der Waals surface area contributed by atoms with Gasteiger partial charge in [-0.05, 0) is 44.5 Å². The second-order valence-electron chi connectivity index (χ2n) is 6.13. The molecule has 0 spiro atoms. The molecule has 2 N–H and O–H groups in total. The van der Waals surface area contributed by atoms with E-state index in [2.05, 4.69) is 27.8 Å². The zero-order valence-electron chi connectivity index (χ0n) is 16.1. The Morgan fingerprint density at radius 1 is 1.04 bits per heavy atom. The van der Waals surface area contributed by atoms with Crippen molar-refractivity contribution in [1.29, 1.82) is 0 Å². The zero-order valence-corrected chi connectivity index (χ0v) is 16.1. The van der Waals surface area contributed by atoms with Gasteiger partial charge in [-0.15, -0.1) is 0 Å². The first-order valence-electron chi connectivity index (χ1n) is 9.03. The van der Waals surface area contributed by atoms with E-state index in [0.29, 0.717) is 19.7 Å². The van der Waals surface area contributed by atoms with Crippen molar-refractivity contribution in [1.82, 2.24) is 10.6 Å². The van der Waals surface area contributed by atoms with Crippen LogP contribution in [0.4, 0.5) is 0 Å². The van der Waals surface area contributed by atoms with Crippen molar-refractivity contribution in [3.63, 3.8) is 0 Å². The third-order valence-corrected chi connectivity index (χ3v) is 3.67. The minimum Gasteiger partial charge on any atom is -0.494 e. The van der Waals surface area contributed by atoms with Crippen LogP contribution < -0.4 is 20.1 Å². The van der Waals surface area contributed by atoms with Crippen LogP contribution in [0.5, 0.6) is 11.5 Å². The van der Waals surface area contributed by atoms with E-state index >= 15 is 0 Å². The zero-order chi connectivity index (χ0) is 18.8. The van der Waals surface area contributed by atoms with Crippen molar-refractivity contribution in [2.75, 3.05) is 13.7 Å². The van der Waals surface area contributed by atoms with Gasteiger partial charge in [-0.3, -0.25) is 4.99 Å². The number of rotatable bonds is 8. The Kier molecular flexibility index (Phi) is 7.80. The van der Waals surface area contributed by atoms with Gasteiger partial charge in [0.1, 0.15) is 11.5 Å². The van der Waals surface area contributed by atoms with E-state index in [1.807, 2.05) is 57.2 Å². The van der Waals surface area contributed by atoms with Crippen LogP contribution in [0, 0.1) is 0 Å². The molecule has 5 heteroatoms. The van der Waals surface area contributed by atoms with E-state index in [9.17, 15) is 0 Å². The molecule has 2 aromatic rings. The lowest BCUT2D eigenvalue weighted by Crippen LogP contribution is -2.36. The van der Waals surface area contributed by atoms with E-state index in [4.69, 9.17) is 9.47 Å². The second kappa shape index (κ2) is 10.3. The van der Waals surface area contributed by atoms with Gasteiger partial charge in [-0.2, -0.15) is 0 Å². The predicted molar refractivity (Wildman–Crippen MR) is 107 cm³/mol. The summed E-state index contributed by atoms with van der Waals surface area (Å²) in [5, 5.41) is 6.66. The molecule has 0 saturated carbocycles. The average Bonchev–Trinajstić information content (AvgIpc) is 2.63. The number of ether oxygens (including phenoxy) is 2. The van der Waals surface area contributed by atoms with Gasteiger partial charge in [0, 0.05) is 25.7 Å². The maximum atomic E-state index is 5.74. The highest BCUT2D eigenvalue weighted by Crippen LogP contribution is 2.17. The molecule has 0 atom stereocenters. The smallest absolute Gasteiger partial charge is 0.191 e. The molecule has 0 aliphatic carbocycles. The lowest BCUT2D eigenvalue weighted by Gasteiger charge is -2.15. The molecule has 26 heavy (non-hydrogen) atoms. The highest BCUT2D eigenvalue weighted by molar-refractivity contribution is 5.79. The molecule has 0 amide bonds. The standard InChI is InChI=1S/C21H29N3O2/c1-5-25-20-12-7-6-10-18(20)15-24-21(22-4)23-14-17-9-8-11-19(13-17)26-16(2)3/h6-13,16H,5,14-15H2,1-4H3,(H2,22,23,24). The molecule has 0 fully saturated rings. The lowest BCUT2D eigenvalue weighted by molar-refractivity contribution is 0.242.